The van der Waals surface area contributed by atoms with E-state index >= 15 is 0 Å². The fourth-order valence-electron chi connectivity index (χ4n) is 2.45. The van der Waals surface area contributed by atoms with Gasteiger partial charge in [-0.05, 0) is 55.8 Å². The van der Waals surface area contributed by atoms with Crippen molar-refractivity contribution in [3.8, 4) is 0 Å². The fraction of sp³-hybridized carbons (Fsp3) is 0.200. The molecule has 0 saturated heterocycles. The first-order chi connectivity index (χ1) is 12.5. The van der Waals surface area contributed by atoms with E-state index < -0.39 is 0 Å². The molecule has 1 N–H and O–H groups in total. The van der Waals surface area contributed by atoms with Crippen molar-refractivity contribution in [3.05, 3.63) is 81.6 Å². The van der Waals surface area contributed by atoms with Crippen LogP contribution in [0, 0.1) is 12.7 Å². The quantitative estimate of drug-likeness (QED) is 0.579. The van der Waals surface area contributed by atoms with Crippen molar-refractivity contribution in [3.63, 3.8) is 0 Å². The number of amides is 1. The minimum absolute atomic E-state index is 0.145. The number of aromatic nitrogens is 1. The van der Waals surface area contributed by atoms with Crippen molar-refractivity contribution < 1.29 is 9.18 Å². The molecule has 1 aromatic heterocycles. The van der Waals surface area contributed by atoms with Gasteiger partial charge < -0.3 is 5.32 Å². The summed E-state index contributed by atoms with van der Waals surface area (Å²) in [7, 11) is 0. The standard InChI is InChI=1S/C20H19FN2OS2/c1-13(15-3-7-17(21)8-4-15)22-20(24)16-5-9-19(10-6-16)26-12-18-11-25-14(2)23-18/h3-11,13H,12H2,1-2H3,(H,22,24). The third kappa shape index (κ3) is 4.93. The SMILES string of the molecule is Cc1nc(CSc2ccc(C(=O)NC(C)c3ccc(F)cc3)cc2)cs1. The molecule has 26 heavy (non-hydrogen) atoms. The molecule has 0 spiro atoms. The number of rotatable bonds is 6. The van der Waals surface area contributed by atoms with Gasteiger partial charge in [0, 0.05) is 21.6 Å². The molecule has 3 rings (SSSR count). The van der Waals surface area contributed by atoms with Crippen molar-refractivity contribution in [2.75, 3.05) is 0 Å². The van der Waals surface area contributed by atoms with Gasteiger partial charge in [-0.25, -0.2) is 9.37 Å². The number of carbonyl (C=O) groups excluding carboxylic acids is 1. The largest absolute Gasteiger partial charge is 0.346 e. The summed E-state index contributed by atoms with van der Waals surface area (Å²) in [6, 6.07) is 13.5. The molecule has 0 aliphatic heterocycles. The van der Waals surface area contributed by atoms with E-state index in [9.17, 15) is 9.18 Å². The number of aryl methyl sites for hydroxylation is 1. The lowest BCUT2D eigenvalue weighted by molar-refractivity contribution is 0.0940. The number of carbonyl (C=O) groups is 1. The fourth-order valence-corrected chi connectivity index (χ4v) is 3.96. The van der Waals surface area contributed by atoms with Gasteiger partial charge in [0.05, 0.1) is 16.7 Å². The summed E-state index contributed by atoms with van der Waals surface area (Å²) < 4.78 is 13.0. The summed E-state index contributed by atoms with van der Waals surface area (Å²) in [5, 5.41) is 6.08. The van der Waals surface area contributed by atoms with Gasteiger partial charge in [0.15, 0.2) is 0 Å². The van der Waals surface area contributed by atoms with Crippen LogP contribution in [0.2, 0.25) is 0 Å². The molecule has 134 valence electrons. The Bertz CT molecular complexity index is 876. The summed E-state index contributed by atoms with van der Waals surface area (Å²) in [5.74, 6) is 0.388. The number of nitrogens with one attached hydrogen (secondary N) is 1. The second kappa shape index (κ2) is 8.47. The van der Waals surface area contributed by atoms with Gasteiger partial charge in [-0.2, -0.15) is 0 Å². The van der Waals surface area contributed by atoms with E-state index in [1.54, 1.807) is 35.2 Å². The Hall–Kier alpha value is -2.18. The topological polar surface area (TPSA) is 42.0 Å². The third-order valence-electron chi connectivity index (χ3n) is 3.89. The number of benzene rings is 2. The zero-order valence-electron chi connectivity index (χ0n) is 14.5. The minimum Gasteiger partial charge on any atom is -0.346 e. The first-order valence-corrected chi connectivity index (χ1v) is 10.1. The number of nitrogens with zero attached hydrogens (tertiary/aromatic N) is 1. The normalized spacial score (nSPS) is 12.0. The first-order valence-electron chi connectivity index (χ1n) is 8.21. The van der Waals surface area contributed by atoms with E-state index in [0.29, 0.717) is 5.56 Å². The lowest BCUT2D eigenvalue weighted by atomic mass is 10.1. The maximum Gasteiger partial charge on any atom is 0.251 e. The van der Waals surface area contributed by atoms with E-state index in [1.807, 2.05) is 38.1 Å². The second-order valence-corrected chi connectivity index (χ2v) is 8.03. The van der Waals surface area contributed by atoms with Crippen molar-refractivity contribution in [1.82, 2.24) is 10.3 Å². The van der Waals surface area contributed by atoms with Gasteiger partial charge >= 0.3 is 0 Å². The Kier molecular flexibility index (Phi) is 6.06. The van der Waals surface area contributed by atoms with Gasteiger partial charge in [-0.15, -0.1) is 23.1 Å². The monoisotopic (exact) mass is 386 g/mol. The molecule has 6 heteroatoms. The van der Waals surface area contributed by atoms with Crippen LogP contribution in [-0.2, 0) is 5.75 Å². The maximum absolute atomic E-state index is 13.0. The number of halogens is 1. The van der Waals surface area contributed by atoms with Gasteiger partial charge in [-0.3, -0.25) is 4.79 Å². The minimum atomic E-state index is -0.284. The Labute approximate surface area is 160 Å². The highest BCUT2D eigenvalue weighted by atomic mass is 32.2. The number of hydrogen-bond acceptors (Lipinski definition) is 4. The third-order valence-corrected chi connectivity index (χ3v) is 5.76. The first kappa shape index (κ1) is 18.6. The van der Waals surface area contributed by atoms with Crippen molar-refractivity contribution >= 4 is 29.0 Å². The van der Waals surface area contributed by atoms with Gasteiger partial charge in [0.1, 0.15) is 5.82 Å². The molecule has 1 amide bonds. The summed E-state index contributed by atoms with van der Waals surface area (Å²) in [5.41, 5.74) is 2.55. The molecule has 1 atom stereocenters. The Morgan fingerprint density at radius 1 is 1.19 bits per heavy atom. The molecule has 0 radical (unpaired) electrons. The number of hydrogen-bond donors (Lipinski definition) is 1. The Morgan fingerprint density at radius 3 is 2.50 bits per heavy atom. The smallest absolute Gasteiger partial charge is 0.251 e. The van der Waals surface area contributed by atoms with E-state index in [2.05, 4.69) is 15.7 Å². The molecule has 0 aliphatic carbocycles. The van der Waals surface area contributed by atoms with Crippen LogP contribution in [0.3, 0.4) is 0 Å². The molecule has 0 aliphatic rings. The van der Waals surface area contributed by atoms with E-state index in [0.717, 1.165) is 26.9 Å². The molecule has 3 nitrogen and oxygen atoms in total. The summed E-state index contributed by atoms with van der Waals surface area (Å²) in [4.78, 5) is 17.9. The van der Waals surface area contributed by atoms with Crippen LogP contribution in [0.5, 0.6) is 0 Å². The molecule has 1 unspecified atom stereocenters. The van der Waals surface area contributed by atoms with E-state index in [1.165, 1.54) is 12.1 Å². The van der Waals surface area contributed by atoms with E-state index in [-0.39, 0.29) is 17.8 Å². The van der Waals surface area contributed by atoms with Crippen LogP contribution in [0.4, 0.5) is 4.39 Å². The van der Waals surface area contributed by atoms with Crippen LogP contribution in [0.25, 0.3) is 0 Å². The van der Waals surface area contributed by atoms with Gasteiger partial charge in [0.25, 0.3) is 5.91 Å². The molecule has 1 heterocycles. The highest BCUT2D eigenvalue weighted by Crippen LogP contribution is 2.24. The Balaban J connectivity index is 1.57. The molecule has 0 fully saturated rings. The maximum atomic E-state index is 13.0. The molecule has 3 aromatic rings. The molecule has 2 aromatic carbocycles. The second-order valence-electron chi connectivity index (χ2n) is 5.92. The highest BCUT2D eigenvalue weighted by Gasteiger charge is 2.11. The average molecular weight is 387 g/mol. The summed E-state index contributed by atoms with van der Waals surface area (Å²) in [6.07, 6.45) is 0. The molecular weight excluding hydrogens is 367 g/mol. The highest BCUT2D eigenvalue weighted by molar-refractivity contribution is 7.98. The van der Waals surface area contributed by atoms with Crippen LogP contribution in [0.15, 0.2) is 58.8 Å². The zero-order valence-corrected chi connectivity index (χ0v) is 16.2. The Morgan fingerprint density at radius 2 is 1.88 bits per heavy atom. The van der Waals surface area contributed by atoms with Crippen molar-refractivity contribution in [1.29, 1.82) is 0 Å². The molecule has 0 saturated carbocycles. The average Bonchev–Trinajstić information content (AvgIpc) is 3.06. The number of thiazole rings is 1. The zero-order chi connectivity index (χ0) is 18.5. The predicted octanol–water partition coefficient (Wildman–Crippen LogP) is 5.37. The lowest BCUT2D eigenvalue weighted by Crippen LogP contribution is -2.26. The predicted molar refractivity (Wildman–Crippen MR) is 105 cm³/mol. The van der Waals surface area contributed by atoms with E-state index in [4.69, 9.17) is 0 Å². The van der Waals surface area contributed by atoms with Gasteiger partial charge in [0.2, 0.25) is 0 Å². The summed E-state index contributed by atoms with van der Waals surface area (Å²) in [6.45, 7) is 3.88. The lowest BCUT2D eigenvalue weighted by Gasteiger charge is -2.14. The molecule has 0 bridgehead atoms. The van der Waals surface area contributed by atoms with Crippen LogP contribution in [-0.4, -0.2) is 10.9 Å². The van der Waals surface area contributed by atoms with Crippen molar-refractivity contribution in [2.45, 2.75) is 30.5 Å². The van der Waals surface area contributed by atoms with Crippen LogP contribution >= 0.6 is 23.1 Å². The molecular formula is C20H19FN2OS2. The van der Waals surface area contributed by atoms with Gasteiger partial charge in [-0.1, -0.05) is 12.1 Å². The van der Waals surface area contributed by atoms with Crippen LogP contribution < -0.4 is 5.32 Å². The number of thioether (sulfide) groups is 1. The summed E-state index contributed by atoms with van der Waals surface area (Å²) >= 11 is 3.35. The van der Waals surface area contributed by atoms with Crippen molar-refractivity contribution in [2.24, 2.45) is 0 Å². The van der Waals surface area contributed by atoms with Crippen LogP contribution in [0.1, 0.15) is 39.6 Å².